The molecule has 6 heteroatoms. The van der Waals surface area contributed by atoms with E-state index in [-0.39, 0.29) is 13.0 Å². The fourth-order valence-electron chi connectivity index (χ4n) is 3.20. The largest absolute Gasteiger partial charge is 0.496 e. The van der Waals surface area contributed by atoms with Crippen LogP contribution in [0, 0.1) is 0 Å². The minimum Gasteiger partial charge on any atom is -0.496 e. The number of carbonyl (C=O) groups is 2. The van der Waals surface area contributed by atoms with Crippen molar-refractivity contribution >= 4 is 39.5 Å². The number of fused-ring (bicyclic) bond motifs is 3. The van der Waals surface area contributed by atoms with E-state index in [1.807, 2.05) is 42.5 Å². The van der Waals surface area contributed by atoms with Crippen molar-refractivity contribution in [3.05, 3.63) is 72.3 Å². The van der Waals surface area contributed by atoms with Crippen LogP contribution in [0.1, 0.15) is 5.56 Å². The van der Waals surface area contributed by atoms with Crippen LogP contribution in [0.5, 0.6) is 5.75 Å². The monoisotopic (exact) mass is 389 g/mol. The maximum absolute atomic E-state index is 12.2. The molecule has 1 aromatic heterocycles. The van der Waals surface area contributed by atoms with Gasteiger partial charge in [0.05, 0.1) is 13.5 Å². The number of rotatable bonds is 6. The Morgan fingerprint density at radius 1 is 0.931 bits per heavy atom. The molecule has 29 heavy (non-hydrogen) atoms. The lowest BCUT2D eigenvalue weighted by molar-refractivity contribution is -0.146. The molecule has 0 aliphatic rings. The Morgan fingerprint density at radius 3 is 2.55 bits per heavy atom. The molecule has 146 valence electrons. The van der Waals surface area contributed by atoms with Gasteiger partial charge < -0.3 is 19.2 Å². The molecule has 0 radical (unpaired) electrons. The molecule has 4 aromatic rings. The fraction of sp³-hybridized carbons (Fsp3) is 0.130. The van der Waals surface area contributed by atoms with E-state index in [2.05, 4.69) is 5.32 Å². The van der Waals surface area contributed by atoms with Crippen LogP contribution < -0.4 is 10.1 Å². The summed E-state index contributed by atoms with van der Waals surface area (Å²) in [6.45, 7) is -0.363. The van der Waals surface area contributed by atoms with E-state index in [1.165, 1.54) is 7.11 Å². The van der Waals surface area contributed by atoms with Crippen LogP contribution >= 0.6 is 0 Å². The lowest BCUT2D eigenvalue weighted by Gasteiger charge is -2.09. The number of amides is 1. The van der Waals surface area contributed by atoms with Crippen molar-refractivity contribution in [2.24, 2.45) is 0 Å². The lowest BCUT2D eigenvalue weighted by Crippen LogP contribution is -2.21. The van der Waals surface area contributed by atoms with E-state index in [1.54, 1.807) is 24.3 Å². The van der Waals surface area contributed by atoms with Crippen LogP contribution in [-0.2, 0) is 20.7 Å². The number of benzene rings is 3. The SMILES string of the molecule is COc1ccccc1CC(=O)OCC(=O)Nc1ccc2oc3ccccc3c2c1. The van der Waals surface area contributed by atoms with E-state index in [0.717, 1.165) is 21.9 Å². The number of nitrogens with one attached hydrogen (secondary N) is 1. The van der Waals surface area contributed by atoms with Crippen molar-refractivity contribution in [1.82, 2.24) is 0 Å². The average Bonchev–Trinajstić information content (AvgIpc) is 3.11. The molecule has 3 aromatic carbocycles. The Labute approximate surface area is 167 Å². The van der Waals surface area contributed by atoms with Crippen molar-refractivity contribution in [2.45, 2.75) is 6.42 Å². The Hall–Kier alpha value is -3.80. The first-order chi connectivity index (χ1) is 14.1. The van der Waals surface area contributed by atoms with Gasteiger partial charge in [0.1, 0.15) is 16.9 Å². The second-order valence-corrected chi connectivity index (χ2v) is 6.51. The molecular weight excluding hydrogens is 370 g/mol. The highest BCUT2D eigenvalue weighted by molar-refractivity contribution is 6.07. The Balaban J connectivity index is 1.38. The van der Waals surface area contributed by atoms with Crippen LogP contribution in [-0.4, -0.2) is 25.6 Å². The van der Waals surface area contributed by atoms with Crippen molar-refractivity contribution in [3.8, 4) is 5.75 Å². The van der Waals surface area contributed by atoms with E-state index < -0.39 is 11.9 Å². The number of hydrogen-bond donors (Lipinski definition) is 1. The van der Waals surface area contributed by atoms with Crippen LogP contribution in [0.4, 0.5) is 5.69 Å². The van der Waals surface area contributed by atoms with Gasteiger partial charge in [0.15, 0.2) is 6.61 Å². The Morgan fingerprint density at radius 2 is 1.69 bits per heavy atom. The summed E-state index contributed by atoms with van der Waals surface area (Å²) in [5.74, 6) is -0.305. The van der Waals surface area contributed by atoms with Crippen molar-refractivity contribution in [2.75, 3.05) is 19.0 Å². The number of carbonyl (C=O) groups excluding carboxylic acids is 2. The molecule has 0 fully saturated rings. The number of para-hydroxylation sites is 2. The summed E-state index contributed by atoms with van der Waals surface area (Å²) >= 11 is 0. The van der Waals surface area contributed by atoms with Crippen molar-refractivity contribution < 1.29 is 23.5 Å². The van der Waals surface area contributed by atoms with Gasteiger partial charge >= 0.3 is 5.97 Å². The molecule has 1 N–H and O–H groups in total. The average molecular weight is 389 g/mol. The van der Waals surface area contributed by atoms with Gasteiger partial charge in [-0.1, -0.05) is 36.4 Å². The topological polar surface area (TPSA) is 77.8 Å². The highest BCUT2D eigenvalue weighted by Crippen LogP contribution is 2.30. The molecule has 0 aliphatic heterocycles. The number of furan rings is 1. The highest BCUT2D eigenvalue weighted by atomic mass is 16.5. The van der Waals surface area contributed by atoms with Crippen LogP contribution in [0.25, 0.3) is 21.9 Å². The first-order valence-electron chi connectivity index (χ1n) is 9.13. The standard InChI is InChI=1S/C23H19NO5/c1-27-19-8-4-2-6-15(19)12-23(26)28-14-22(25)24-16-10-11-21-18(13-16)17-7-3-5-9-20(17)29-21/h2-11,13H,12,14H2,1H3,(H,24,25). The first-order valence-corrected chi connectivity index (χ1v) is 9.13. The molecule has 0 spiro atoms. The zero-order valence-corrected chi connectivity index (χ0v) is 15.8. The normalized spacial score (nSPS) is 10.8. The second-order valence-electron chi connectivity index (χ2n) is 6.51. The van der Waals surface area contributed by atoms with E-state index in [4.69, 9.17) is 13.9 Å². The van der Waals surface area contributed by atoms with Crippen molar-refractivity contribution in [3.63, 3.8) is 0 Å². The summed E-state index contributed by atoms with van der Waals surface area (Å²) in [6.07, 6.45) is 0.0320. The smallest absolute Gasteiger partial charge is 0.310 e. The number of hydrogen-bond acceptors (Lipinski definition) is 5. The maximum Gasteiger partial charge on any atom is 0.310 e. The number of esters is 1. The van der Waals surface area contributed by atoms with Gasteiger partial charge in [0, 0.05) is 22.0 Å². The minimum absolute atomic E-state index is 0.0320. The van der Waals surface area contributed by atoms with Gasteiger partial charge in [0.2, 0.25) is 0 Å². The second kappa shape index (κ2) is 8.06. The third-order valence-corrected chi connectivity index (χ3v) is 4.55. The van der Waals surface area contributed by atoms with Crippen LogP contribution in [0.2, 0.25) is 0 Å². The number of ether oxygens (including phenoxy) is 2. The lowest BCUT2D eigenvalue weighted by atomic mass is 10.1. The maximum atomic E-state index is 12.2. The number of methoxy groups -OCH3 is 1. The molecule has 0 aliphatic carbocycles. The molecule has 1 heterocycles. The number of anilines is 1. The molecule has 1 amide bonds. The molecular formula is C23H19NO5. The molecule has 0 atom stereocenters. The summed E-state index contributed by atoms with van der Waals surface area (Å²) in [6, 6.07) is 20.3. The predicted molar refractivity (Wildman–Crippen MR) is 110 cm³/mol. The third-order valence-electron chi connectivity index (χ3n) is 4.55. The van der Waals surface area contributed by atoms with Gasteiger partial charge in [0.25, 0.3) is 5.91 Å². The van der Waals surface area contributed by atoms with Gasteiger partial charge in [-0.15, -0.1) is 0 Å². The van der Waals surface area contributed by atoms with Crippen LogP contribution in [0.3, 0.4) is 0 Å². The first kappa shape index (κ1) is 18.6. The van der Waals surface area contributed by atoms with Gasteiger partial charge in [-0.2, -0.15) is 0 Å². The summed E-state index contributed by atoms with van der Waals surface area (Å²) in [5.41, 5.74) is 2.84. The van der Waals surface area contributed by atoms with Gasteiger partial charge in [-0.3, -0.25) is 9.59 Å². The molecule has 0 unspecified atom stereocenters. The highest BCUT2D eigenvalue weighted by Gasteiger charge is 2.13. The summed E-state index contributed by atoms with van der Waals surface area (Å²) in [5, 5.41) is 4.63. The molecule has 0 bridgehead atoms. The Kier molecular flexibility index (Phi) is 5.16. The molecule has 6 nitrogen and oxygen atoms in total. The van der Waals surface area contributed by atoms with Crippen LogP contribution in [0.15, 0.2) is 71.1 Å². The van der Waals surface area contributed by atoms with Gasteiger partial charge in [-0.05, 0) is 30.3 Å². The third kappa shape index (κ3) is 4.06. The molecule has 0 saturated carbocycles. The quantitative estimate of drug-likeness (QED) is 0.497. The Bertz CT molecular complexity index is 1190. The zero-order valence-electron chi connectivity index (χ0n) is 15.8. The fourth-order valence-corrected chi connectivity index (χ4v) is 3.20. The van der Waals surface area contributed by atoms with E-state index in [0.29, 0.717) is 17.0 Å². The predicted octanol–water partition coefficient (Wildman–Crippen LogP) is 4.32. The van der Waals surface area contributed by atoms with E-state index in [9.17, 15) is 9.59 Å². The minimum atomic E-state index is -0.499. The van der Waals surface area contributed by atoms with Crippen molar-refractivity contribution in [1.29, 1.82) is 0 Å². The summed E-state index contributed by atoms with van der Waals surface area (Å²) < 4.78 is 16.1. The van der Waals surface area contributed by atoms with E-state index >= 15 is 0 Å². The molecule has 0 saturated heterocycles. The summed E-state index contributed by atoms with van der Waals surface area (Å²) in [4.78, 5) is 24.2. The zero-order chi connectivity index (χ0) is 20.2. The molecule has 4 rings (SSSR count). The summed E-state index contributed by atoms with van der Waals surface area (Å²) in [7, 11) is 1.54. The van der Waals surface area contributed by atoms with Gasteiger partial charge in [-0.25, -0.2) is 0 Å².